The van der Waals surface area contributed by atoms with Gasteiger partial charge in [-0.1, -0.05) is 58.0 Å². The van der Waals surface area contributed by atoms with E-state index in [-0.39, 0.29) is 25.5 Å². The van der Waals surface area contributed by atoms with Gasteiger partial charge in [0, 0.05) is 6.54 Å². The molecule has 1 heterocycles. The number of benzene rings is 1. The van der Waals surface area contributed by atoms with Gasteiger partial charge in [-0.2, -0.15) is 13.2 Å². The van der Waals surface area contributed by atoms with Crippen molar-refractivity contribution in [1.29, 1.82) is 0 Å². The lowest BCUT2D eigenvalue weighted by Crippen LogP contribution is -2.58. The van der Waals surface area contributed by atoms with Crippen molar-refractivity contribution in [3.63, 3.8) is 0 Å². The summed E-state index contributed by atoms with van der Waals surface area (Å²) in [5.41, 5.74) is 0.763. The number of hydrogen-bond acceptors (Lipinski definition) is 5. The Labute approximate surface area is 202 Å². The average molecular weight is 500 g/mol. The van der Waals surface area contributed by atoms with Gasteiger partial charge < -0.3 is 20.3 Å². The van der Waals surface area contributed by atoms with Crippen molar-refractivity contribution in [3.05, 3.63) is 35.9 Å². The third-order valence-electron chi connectivity index (χ3n) is 5.78. The number of Topliss-reactive ketones (excluding diaryl/α,β-unsaturated/α-hetero) is 1. The second-order valence-electron chi connectivity index (χ2n) is 9.21. The molecule has 3 atom stereocenters. The van der Waals surface area contributed by atoms with Crippen LogP contribution >= 0.6 is 0 Å². The molecule has 1 aliphatic rings. The van der Waals surface area contributed by atoms with E-state index < -0.39 is 53.9 Å². The van der Waals surface area contributed by atoms with Gasteiger partial charge in [0.05, 0.1) is 6.04 Å². The highest BCUT2D eigenvalue weighted by molar-refractivity contribution is 5.96. The number of alkyl carbamates (subject to hydrolysis) is 1. The van der Waals surface area contributed by atoms with Crippen molar-refractivity contribution in [3.8, 4) is 0 Å². The zero-order valence-electron chi connectivity index (χ0n) is 20.2. The third-order valence-corrected chi connectivity index (χ3v) is 5.78. The van der Waals surface area contributed by atoms with Crippen molar-refractivity contribution in [2.75, 3.05) is 6.54 Å². The van der Waals surface area contributed by atoms with Gasteiger partial charge in [-0.3, -0.25) is 14.4 Å². The fraction of sp³-hybridized carbons (Fsp3) is 0.583. The smallest absolute Gasteiger partial charge is 0.445 e. The number of alkyl halides is 3. The van der Waals surface area contributed by atoms with Crippen LogP contribution in [0.15, 0.2) is 30.3 Å². The number of ketones is 1. The first-order valence-electron chi connectivity index (χ1n) is 11.5. The van der Waals surface area contributed by atoms with Gasteiger partial charge in [0.2, 0.25) is 11.8 Å². The number of ether oxygens (including phenoxy) is 1. The molecule has 1 aromatic carbocycles. The van der Waals surface area contributed by atoms with Crippen molar-refractivity contribution in [2.45, 2.75) is 71.4 Å². The van der Waals surface area contributed by atoms with Crippen LogP contribution in [0.1, 0.15) is 46.1 Å². The molecule has 0 aromatic heterocycles. The largest absolute Gasteiger partial charge is 0.452 e. The van der Waals surface area contributed by atoms with Gasteiger partial charge in [-0.05, 0) is 30.2 Å². The Morgan fingerprint density at radius 3 is 2.14 bits per heavy atom. The molecule has 0 spiro atoms. The lowest BCUT2D eigenvalue weighted by molar-refractivity contribution is -0.175. The molecular weight excluding hydrogens is 467 g/mol. The number of likely N-dealkylation sites (tertiary alicyclic amines) is 1. The summed E-state index contributed by atoms with van der Waals surface area (Å²) >= 11 is 0. The lowest BCUT2D eigenvalue weighted by Gasteiger charge is -2.31. The van der Waals surface area contributed by atoms with Crippen molar-refractivity contribution >= 4 is 23.7 Å². The zero-order chi connectivity index (χ0) is 26.3. The summed E-state index contributed by atoms with van der Waals surface area (Å²) < 4.78 is 44.1. The normalized spacial score (nSPS) is 17.7. The summed E-state index contributed by atoms with van der Waals surface area (Å²) in [6, 6.07) is 5.15. The van der Waals surface area contributed by atoms with Gasteiger partial charge >= 0.3 is 12.3 Å². The minimum absolute atomic E-state index is 0.00422. The molecule has 8 nitrogen and oxygen atoms in total. The molecular formula is C24H32F3N3O5. The second-order valence-corrected chi connectivity index (χ2v) is 9.21. The Morgan fingerprint density at radius 1 is 1.00 bits per heavy atom. The molecule has 2 rings (SSSR count). The van der Waals surface area contributed by atoms with Gasteiger partial charge in [0.25, 0.3) is 5.78 Å². The number of halogens is 3. The van der Waals surface area contributed by atoms with Crippen LogP contribution in [0.25, 0.3) is 0 Å². The predicted molar refractivity (Wildman–Crippen MR) is 121 cm³/mol. The zero-order valence-corrected chi connectivity index (χ0v) is 20.2. The number of carbonyl (C=O) groups is 4. The number of rotatable bonds is 9. The van der Waals surface area contributed by atoms with Gasteiger partial charge in [-0.15, -0.1) is 0 Å². The van der Waals surface area contributed by atoms with Crippen molar-refractivity contribution in [1.82, 2.24) is 15.5 Å². The molecule has 35 heavy (non-hydrogen) atoms. The Hall–Kier alpha value is -3.11. The number of nitrogens with zero attached hydrogens (tertiary/aromatic N) is 1. The molecule has 0 aliphatic carbocycles. The van der Waals surface area contributed by atoms with E-state index in [0.29, 0.717) is 6.42 Å². The first-order valence-corrected chi connectivity index (χ1v) is 11.5. The minimum atomic E-state index is -5.10. The van der Waals surface area contributed by atoms with Crippen molar-refractivity contribution < 1.29 is 37.1 Å². The topological polar surface area (TPSA) is 105 Å². The molecule has 11 heteroatoms. The molecule has 0 saturated carbocycles. The summed E-state index contributed by atoms with van der Waals surface area (Å²) in [5.74, 6) is -4.58. The Morgan fingerprint density at radius 2 is 1.60 bits per heavy atom. The SMILES string of the molecule is CC(C)[C@H](NC(=O)OCc1ccccc1)C(=O)N1CCC[C@H]1C(=O)N[C@@H](C(=O)C(F)(F)F)C(C)C. The number of amides is 3. The van der Waals surface area contributed by atoms with Crippen LogP contribution in [0.2, 0.25) is 0 Å². The molecule has 2 N–H and O–H groups in total. The first kappa shape index (κ1) is 28.1. The standard InChI is InChI=1S/C24H32F3N3O5/c1-14(2)18(20(31)24(25,26)27)28-21(32)17-11-8-12-30(17)22(33)19(15(3)4)29-23(34)35-13-16-9-6-5-7-10-16/h5-7,9-10,14-15,17-19H,8,11-13H2,1-4H3,(H,28,32)(H,29,34)/t17-,18+,19-/m0/s1. The second kappa shape index (κ2) is 12.0. The third kappa shape index (κ3) is 7.69. The summed E-state index contributed by atoms with van der Waals surface area (Å²) in [6.07, 6.45) is -5.23. The molecule has 0 unspecified atom stereocenters. The maximum absolute atomic E-state index is 13.3. The highest BCUT2D eigenvalue weighted by Crippen LogP contribution is 2.24. The minimum Gasteiger partial charge on any atom is -0.445 e. The van der Waals surface area contributed by atoms with Crippen LogP contribution in [0, 0.1) is 11.8 Å². The van der Waals surface area contributed by atoms with Crippen LogP contribution in [-0.2, 0) is 25.7 Å². The van der Waals surface area contributed by atoms with E-state index in [4.69, 9.17) is 4.74 Å². The molecule has 3 amide bonds. The van der Waals surface area contributed by atoms with E-state index in [1.807, 2.05) is 6.07 Å². The van der Waals surface area contributed by atoms with Crippen LogP contribution in [0.5, 0.6) is 0 Å². The molecule has 1 fully saturated rings. The maximum Gasteiger partial charge on any atom is 0.452 e. The molecule has 1 aliphatic heterocycles. The number of hydrogen-bond donors (Lipinski definition) is 2. The van der Waals surface area contributed by atoms with E-state index in [1.54, 1.807) is 38.1 Å². The number of nitrogens with one attached hydrogen (secondary N) is 2. The maximum atomic E-state index is 13.3. The quantitative estimate of drug-likeness (QED) is 0.543. The van der Waals surface area contributed by atoms with Gasteiger partial charge in [0.15, 0.2) is 0 Å². The Bertz CT molecular complexity index is 905. The summed E-state index contributed by atoms with van der Waals surface area (Å²) in [6.45, 7) is 6.41. The highest BCUT2D eigenvalue weighted by atomic mass is 19.4. The predicted octanol–water partition coefficient (Wildman–Crippen LogP) is 3.20. The van der Waals surface area contributed by atoms with Crippen molar-refractivity contribution in [2.24, 2.45) is 11.8 Å². The number of carbonyl (C=O) groups excluding carboxylic acids is 4. The van der Waals surface area contributed by atoms with E-state index in [0.717, 1.165) is 5.56 Å². The fourth-order valence-electron chi connectivity index (χ4n) is 3.85. The fourth-order valence-corrected chi connectivity index (χ4v) is 3.85. The summed E-state index contributed by atoms with van der Waals surface area (Å²) in [7, 11) is 0. The summed E-state index contributed by atoms with van der Waals surface area (Å²) in [4.78, 5) is 51.4. The van der Waals surface area contributed by atoms with Gasteiger partial charge in [-0.25, -0.2) is 4.79 Å². The van der Waals surface area contributed by atoms with Crippen LogP contribution in [-0.4, -0.2) is 59.4 Å². The highest BCUT2D eigenvalue weighted by Gasteiger charge is 2.46. The first-order chi connectivity index (χ1) is 16.3. The molecule has 1 saturated heterocycles. The van der Waals surface area contributed by atoms with E-state index >= 15 is 0 Å². The van der Waals surface area contributed by atoms with Crippen LogP contribution < -0.4 is 10.6 Å². The monoisotopic (exact) mass is 499 g/mol. The van der Waals surface area contributed by atoms with Crippen LogP contribution in [0.4, 0.5) is 18.0 Å². The lowest BCUT2D eigenvalue weighted by atomic mass is 9.98. The molecule has 1 aromatic rings. The summed E-state index contributed by atoms with van der Waals surface area (Å²) in [5, 5.41) is 4.72. The molecule has 194 valence electrons. The Kier molecular flexibility index (Phi) is 9.67. The molecule has 0 bridgehead atoms. The molecule has 0 radical (unpaired) electrons. The van der Waals surface area contributed by atoms with Crippen LogP contribution in [0.3, 0.4) is 0 Å². The van der Waals surface area contributed by atoms with Gasteiger partial charge in [0.1, 0.15) is 18.7 Å². The van der Waals surface area contributed by atoms with E-state index in [9.17, 15) is 32.3 Å². The average Bonchev–Trinajstić information content (AvgIpc) is 3.28. The Balaban J connectivity index is 2.07. The van der Waals surface area contributed by atoms with E-state index in [2.05, 4.69) is 10.6 Å². The van der Waals surface area contributed by atoms with E-state index in [1.165, 1.54) is 18.7 Å².